The highest BCUT2D eigenvalue weighted by Crippen LogP contribution is 2.67. The molecule has 2 fully saturated rings. The zero-order chi connectivity index (χ0) is 27.8. The van der Waals surface area contributed by atoms with Crippen molar-refractivity contribution in [3.8, 4) is 0 Å². The normalized spacial score (nSPS) is 34.7. The third-order valence-electron chi connectivity index (χ3n) is 11.3. The number of hydrogen-bond acceptors (Lipinski definition) is 3. The standard InChI is InChI=1S/C36H52O3/c1-24(2)11-10-12-25(3)34-33(39-26(4)37)22-32-30-16-15-28-21-29(38-23-27-13-8-7-9-14-27)17-19-35(28,5)31(30)18-20-36(32,34)6/h7-9,13-15,24-25,29-32H,10-12,16-23H2,1-6H3/t25-,29+,30-,31+,32+,35+,36+/m1/s1. The van der Waals surface area contributed by atoms with Crippen molar-refractivity contribution in [3.05, 3.63) is 58.9 Å². The molecule has 39 heavy (non-hydrogen) atoms. The molecule has 0 spiro atoms. The molecule has 7 atom stereocenters. The van der Waals surface area contributed by atoms with E-state index in [0.717, 1.165) is 36.9 Å². The van der Waals surface area contributed by atoms with Crippen molar-refractivity contribution >= 4 is 5.97 Å². The van der Waals surface area contributed by atoms with E-state index in [1.54, 1.807) is 12.5 Å². The first-order valence-corrected chi connectivity index (χ1v) is 15.9. The van der Waals surface area contributed by atoms with Crippen LogP contribution in [0.4, 0.5) is 0 Å². The van der Waals surface area contributed by atoms with Crippen LogP contribution >= 0.6 is 0 Å². The van der Waals surface area contributed by atoms with Gasteiger partial charge in [0.25, 0.3) is 0 Å². The molecule has 0 N–H and O–H groups in total. The van der Waals surface area contributed by atoms with E-state index in [-0.39, 0.29) is 16.8 Å². The maximum atomic E-state index is 12.2. The number of esters is 1. The zero-order valence-electron chi connectivity index (χ0n) is 25.4. The van der Waals surface area contributed by atoms with Crippen molar-refractivity contribution in [1.29, 1.82) is 0 Å². The van der Waals surface area contributed by atoms with Gasteiger partial charge in [-0.3, -0.25) is 4.79 Å². The maximum absolute atomic E-state index is 12.2. The molecule has 0 bridgehead atoms. The topological polar surface area (TPSA) is 35.5 Å². The Morgan fingerprint density at radius 2 is 1.72 bits per heavy atom. The molecule has 4 aliphatic rings. The first-order valence-electron chi connectivity index (χ1n) is 15.9. The summed E-state index contributed by atoms with van der Waals surface area (Å²) in [5.41, 5.74) is 4.85. The third-order valence-corrected chi connectivity index (χ3v) is 11.3. The molecule has 4 aliphatic carbocycles. The number of hydrogen-bond donors (Lipinski definition) is 0. The molecule has 2 saturated carbocycles. The second-order valence-corrected chi connectivity index (χ2v) is 14.2. The van der Waals surface area contributed by atoms with Gasteiger partial charge in [-0.1, -0.05) is 89.4 Å². The van der Waals surface area contributed by atoms with Gasteiger partial charge in [-0.15, -0.1) is 0 Å². The van der Waals surface area contributed by atoms with Gasteiger partial charge in [0, 0.05) is 13.3 Å². The molecule has 214 valence electrons. The summed E-state index contributed by atoms with van der Waals surface area (Å²) in [5.74, 6) is 4.07. The van der Waals surface area contributed by atoms with Gasteiger partial charge in [-0.2, -0.15) is 0 Å². The number of fused-ring (bicyclic) bond motifs is 5. The number of rotatable bonds is 9. The Kier molecular flexibility index (Phi) is 8.49. The second kappa shape index (κ2) is 11.6. The summed E-state index contributed by atoms with van der Waals surface area (Å²) in [4.78, 5) is 12.2. The molecule has 0 saturated heterocycles. The Labute approximate surface area is 237 Å². The van der Waals surface area contributed by atoms with E-state index >= 15 is 0 Å². The molecule has 1 aromatic rings. The van der Waals surface area contributed by atoms with Crippen molar-refractivity contribution in [2.45, 2.75) is 118 Å². The minimum atomic E-state index is -0.151. The number of carbonyl (C=O) groups is 1. The van der Waals surface area contributed by atoms with Gasteiger partial charge >= 0.3 is 5.97 Å². The summed E-state index contributed by atoms with van der Waals surface area (Å²) in [5, 5.41) is 0. The van der Waals surface area contributed by atoms with E-state index in [1.807, 2.05) is 0 Å². The average Bonchev–Trinajstić information content (AvgIpc) is 3.18. The number of ether oxygens (including phenoxy) is 2. The van der Waals surface area contributed by atoms with E-state index in [0.29, 0.717) is 30.5 Å². The maximum Gasteiger partial charge on any atom is 0.307 e. The first kappa shape index (κ1) is 28.7. The summed E-state index contributed by atoms with van der Waals surface area (Å²) in [7, 11) is 0. The van der Waals surface area contributed by atoms with Crippen molar-refractivity contribution in [2.75, 3.05) is 0 Å². The lowest BCUT2D eigenvalue weighted by molar-refractivity contribution is -0.137. The summed E-state index contributed by atoms with van der Waals surface area (Å²) in [6.45, 7) is 14.4. The lowest BCUT2D eigenvalue weighted by Gasteiger charge is -2.58. The van der Waals surface area contributed by atoms with Crippen molar-refractivity contribution in [2.24, 2.45) is 40.4 Å². The van der Waals surface area contributed by atoms with Crippen LogP contribution in [0.25, 0.3) is 0 Å². The molecule has 0 amide bonds. The lowest BCUT2D eigenvalue weighted by atomic mass is 9.47. The fourth-order valence-corrected chi connectivity index (χ4v) is 9.30. The molecule has 0 unspecified atom stereocenters. The van der Waals surface area contributed by atoms with Gasteiger partial charge in [0.15, 0.2) is 0 Å². The van der Waals surface area contributed by atoms with Crippen LogP contribution < -0.4 is 0 Å². The van der Waals surface area contributed by atoms with Crippen LogP contribution in [-0.2, 0) is 20.9 Å². The smallest absolute Gasteiger partial charge is 0.307 e. The highest BCUT2D eigenvalue weighted by atomic mass is 16.5. The van der Waals surface area contributed by atoms with Crippen LogP contribution in [0.2, 0.25) is 0 Å². The molecule has 0 aliphatic heterocycles. The van der Waals surface area contributed by atoms with E-state index < -0.39 is 0 Å². The molecular formula is C36H52O3. The first-order chi connectivity index (χ1) is 18.6. The Morgan fingerprint density at radius 1 is 0.974 bits per heavy atom. The minimum absolute atomic E-state index is 0.151. The fraction of sp³-hybridized carbons (Fsp3) is 0.694. The molecule has 0 aromatic heterocycles. The SMILES string of the molecule is CC(=O)OC1=C([C@H](C)CCCC(C)C)[C@@]2(C)CC[C@H]3[C@@H](CC=C4C[C@@H](OCc5ccccc5)CC[C@@]43C)[C@@H]2C1. The Bertz CT molecular complexity index is 1080. The summed E-state index contributed by atoms with van der Waals surface area (Å²) in [6.07, 6.45) is 14.8. The number of carbonyl (C=O) groups excluding carboxylic acids is 1. The van der Waals surface area contributed by atoms with Crippen LogP contribution in [0.15, 0.2) is 53.3 Å². The predicted molar refractivity (Wildman–Crippen MR) is 159 cm³/mol. The van der Waals surface area contributed by atoms with Gasteiger partial charge < -0.3 is 9.47 Å². The highest BCUT2D eigenvalue weighted by molar-refractivity contribution is 5.67. The quantitative estimate of drug-likeness (QED) is 0.235. The lowest BCUT2D eigenvalue weighted by Crippen LogP contribution is -2.50. The van der Waals surface area contributed by atoms with E-state index in [4.69, 9.17) is 9.47 Å². The predicted octanol–water partition coefficient (Wildman–Crippen LogP) is 9.42. The van der Waals surface area contributed by atoms with Crippen LogP contribution in [0, 0.1) is 40.4 Å². The van der Waals surface area contributed by atoms with E-state index in [1.165, 1.54) is 56.1 Å². The van der Waals surface area contributed by atoms with E-state index in [9.17, 15) is 4.79 Å². The van der Waals surface area contributed by atoms with Crippen LogP contribution in [0.1, 0.15) is 111 Å². The number of benzene rings is 1. The minimum Gasteiger partial charge on any atom is -0.431 e. The van der Waals surface area contributed by atoms with Gasteiger partial charge in [-0.05, 0) is 96.5 Å². The van der Waals surface area contributed by atoms with Crippen LogP contribution in [-0.4, -0.2) is 12.1 Å². The van der Waals surface area contributed by atoms with E-state index in [2.05, 4.69) is 71.0 Å². The summed E-state index contributed by atoms with van der Waals surface area (Å²) in [6, 6.07) is 10.6. The Balaban J connectivity index is 1.32. The van der Waals surface area contributed by atoms with Gasteiger partial charge in [0.05, 0.1) is 12.7 Å². The number of allylic oxidation sites excluding steroid dienone is 3. The molecule has 5 rings (SSSR count). The molecule has 0 heterocycles. The highest BCUT2D eigenvalue weighted by Gasteiger charge is 2.59. The summed E-state index contributed by atoms with van der Waals surface area (Å²) < 4.78 is 12.5. The van der Waals surface area contributed by atoms with Gasteiger partial charge in [0.1, 0.15) is 5.76 Å². The van der Waals surface area contributed by atoms with Crippen molar-refractivity contribution < 1.29 is 14.3 Å². The monoisotopic (exact) mass is 532 g/mol. The third kappa shape index (κ3) is 5.67. The van der Waals surface area contributed by atoms with Gasteiger partial charge in [0.2, 0.25) is 0 Å². The molecular weight excluding hydrogens is 480 g/mol. The Hall–Kier alpha value is -1.87. The van der Waals surface area contributed by atoms with Crippen LogP contribution in [0.5, 0.6) is 0 Å². The molecule has 1 aromatic carbocycles. The van der Waals surface area contributed by atoms with Crippen LogP contribution in [0.3, 0.4) is 0 Å². The average molecular weight is 533 g/mol. The van der Waals surface area contributed by atoms with Gasteiger partial charge in [-0.25, -0.2) is 0 Å². The summed E-state index contributed by atoms with van der Waals surface area (Å²) >= 11 is 0. The molecule has 3 nitrogen and oxygen atoms in total. The molecule has 0 radical (unpaired) electrons. The second-order valence-electron chi connectivity index (χ2n) is 14.2. The zero-order valence-corrected chi connectivity index (χ0v) is 25.4. The van der Waals surface area contributed by atoms with Crippen molar-refractivity contribution in [1.82, 2.24) is 0 Å². The fourth-order valence-electron chi connectivity index (χ4n) is 9.30. The Morgan fingerprint density at radius 3 is 2.44 bits per heavy atom. The van der Waals surface area contributed by atoms with Crippen molar-refractivity contribution in [3.63, 3.8) is 0 Å². The largest absolute Gasteiger partial charge is 0.431 e. The molecule has 3 heteroatoms.